The maximum absolute atomic E-state index is 5.46. The maximum atomic E-state index is 5.46. The Morgan fingerprint density at radius 1 is 1.32 bits per heavy atom. The molecule has 0 aliphatic heterocycles. The van der Waals surface area contributed by atoms with Crippen LogP contribution < -0.4 is 10.6 Å². The third-order valence-corrected chi connectivity index (χ3v) is 3.46. The summed E-state index contributed by atoms with van der Waals surface area (Å²) in [6, 6.07) is 2.05. The van der Waals surface area contributed by atoms with E-state index in [0.29, 0.717) is 5.95 Å². The predicted octanol–water partition coefficient (Wildman–Crippen LogP) is 2.96. The summed E-state index contributed by atoms with van der Waals surface area (Å²) in [5.41, 5.74) is 0. The average Bonchev–Trinajstić information content (AvgIpc) is 2.90. The van der Waals surface area contributed by atoms with Gasteiger partial charge in [-0.1, -0.05) is 6.92 Å². The van der Waals surface area contributed by atoms with Crippen LogP contribution in [-0.2, 0) is 4.74 Å². The van der Waals surface area contributed by atoms with Crippen LogP contribution in [0, 0.1) is 0 Å². The Labute approximate surface area is 117 Å². The van der Waals surface area contributed by atoms with Gasteiger partial charge in [0.05, 0.1) is 5.39 Å². The van der Waals surface area contributed by atoms with E-state index in [2.05, 4.69) is 33.6 Å². The summed E-state index contributed by atoms with van der Waals surface area (Å²) in [4.78, 5) is 9.88. The van der Waals surface area contributed by atoms with E-state index in [-0.39, 0.29) is 0 Å². The van der Waals surface area contributed by atoms with Crippen LogP contribution in [0.4, 0.5) is 11.8 Å². The van der Waals surface area contributed by atoms with E-state index in [1.807, 2.05) is 12.4 Å². The Kier molecular flexibility index (Phi) is 5.35. The lowest BCUT2D eigenvalue weighted by Crippen LogP contribution is -2.09. The van der Waals surface area contributed by atoms with Gasteiger partial charge in [-0.05, 0) is 24.3 Å². The van der Waals surface area contributed by atoms with Gasteiger partial charge in [0.15, 0.2) is 0 Å². The molecule has 0 saturated carbocycles. The maximum Gasteiger partial charge on any atom is 0.225 e. The number of hydrogen-bond acceptors (Lipinski definition) is 6. The first-order chi connectivity index (χ1) is 9.35. The molecule has 0 aromatic carbocycles. The molecule has 2 heterocycles. The zero-order chi connectivity index (χ0) is 13.5. The Hall–Kier alpha value is -1.40. The molecule has 0 saturated heterocycles. The minimum Gasteiger partial charge on any atom is -0.381 e. The quantitative estimate of drug-likeness (QED) is 0.728. The summed E-state index contributed by atoms with van der Waals surface area (Å²) in [5, 5.41) is 9.47. The van der Waals surface area contributed by atoms with Gasteiger partial charge in [0.1, 0.15) is 10.6 Å². The molecule has 0 atom stereocenters. The SMILES string of the molecule is CCCOCCCNc1nc(NC)nc2sccc12. The second kappa shape index (κ2) is 7.25. The number of anilines is 2. The van der Waals surface area contributed by atoms with Crippen LogP contribution in [-0.4, -0.2) is 36.8 Å². The molecule has 104 valence electrons. The number of thiophene rings is 1. The summed E-state index contributed by atoms with van der Waals surface area (Å²) in [6.45, 7) is 4.60. The van der Waals surface area contributed by atoms with Crippen molar-refractivity contribution in [2.24, 2.45) is 0 Å². The smallest absolute Gasteiger partial charge is 0.225 e. The highest BCUT2D eigenvalue weighted by atomic mass is 32.1. The van der Waals surface area contributed by atoms with Crippen LogP contribution >= 0.6 is 11.3 Å². The van der Waals surface area contributed by atoms with Crippen molar-refractivity contribution in [2.75, 3.05) is 37.4 Å². The molecule has 0 spiro atoms. The third-order valence-electron chi connectivity index (χ3n) is 2.66. The first kappa shape index (κ1) is 14.0. The zero-order valence-corrected chi connectivity index (χ0v) is 12.2. The molecule has 2 aromatic rings. The van der Waals surface area contributed by atoms with Crippen molar-refractivity contribution in [1.82, 2.24) is 9.97 Å². The highest BCUT2D eigenvalue weighted by Crippen LogP contribution is 2.26. The van der Waals surface area contributed by atoms with E-state index >= 15 is 0 Å². The summed E-state index contributed by atoms with van der Waals surface area (Å²) >= 11 is 1.63. The molecule has 19 heavy (non-hydrogen) atoms. The highest BCUT2D eigenvalue weighted by Gasteiger charge is 2.07. The van der Waals surface area contributed by atoms with E-state index in [4.69, 9.17) is 4.74 Å². The van der Waals surface area contributed by atoms with Gasteiger partial charge in [0.25, 0.3) is 0 Å². The van der Waals surface area contributed by atoms with Crippen LogP contribution in [0.15, 0.2) is 11.4 Å². The fourth-order valence-corrected chi connectivity index (χ4v) is 2.49. The molecule has 5 nitrogen and oxygen atoms in total. The molecular weight excluding hydrogens is 260 g/mol. The Morgan fingerprint density at radius 3 is 3.00 bits per heavy atom. The molecule has 0 radical (unpaired) electrons. The zero-order valence-electron chi connectivity index (χ0n) is 11.4. The van der Waals surface area contributed by atoms with Crippen molar-refractivity contribution in [2.45, 2.75) is 19.8 Å². The summed E-state index contributed by atoms with van der Waals surface area (Å²) in [7, 11) is 1.83. The largest absolute Gasteiger partial charge is 0.381 e. The van der Waals surface area contributed by atoms with Crippen LogP contribution in [0.3, 0.4) is 0 Å². The van der Waals surface area contributed by atoms with E-state index in [1.54, 1.807) is 11.3 Å². The number of ether oxygens (including phenoxy) is 1. The second-order valence-electron chi connectivity index (χ2n) is 4.18. The van der Waals surface area contributed by atoms with Crippen LogP contribution in [0.1, 0.15) is 19.8 Å². The van der Waals surface area contributed by atoms with Crippen molar-refractivity contribution in [3.63, 3.8) is 0 Å². The number of fused-ring (bicyclic) bond motifs is 1. The minimum atomic E-state index is 0.652. The first-order valence-electron chi connectivity index (χ1n) is 6.59. The van der Waals surface area contributed by atoms with E-state index < -0.39 is 0 Å². The van der Waals surface area contributed by atoms with Crippen molar-refractivity contribution in [1.29, 1.82) is 0 Å². The molecule has 0 bridgehead atoms. The lowest BCUT2D eigenvalue weighted by molar-refractivity contribution is 0.134. The number of rotatable bonds is 8. The number of aromatic nitrogens is 2. The predicted molar refractivity (Wildman–Crippen MR) is 81.2 cm³/mol. The van der Waals surface area contributed by atoms with Gasteiger partial charge in [-0.25, -0.2) is 4.98 Å². The Bertz CT molecular complexity index is 514. The van der Waals surface area contributed by atoms with Gasteiger partial charge in [-0.3, -0.25) is 0 Å². The monoisotopic (exact) mass is 280 g/mol. The first-order valence-corrected chi connectivity index (χ1v) is 7.47. The lowest BCUT2D eigenvalue weighted by atomic mass is 10.3. The number of hydrogen-bond donors (Lipinski definition) is 2. The van der Waals surface area contributed by atoms with Crippen LogP contribution in [0.2, 0.25) is 0 Å². The van der Waals surface area contributed by atoms with E-state index in [1.165, 1.54) is 0 Å². The van der Waals surface area contributed by atoms with Gasteiger partial charge in [0.2, 0.25) is 5.95 Å². The molecule has 0 aliphatic rings. The molecule has 2 N–H and O–H groups in total. The van der Waals surface area contributed by atoms with Gasteiger partial charge < -0.3 is 15.4 Å². The molecule has 0 fully saturated rings. The van der Waals surface area contributed by atoms with Gasteiger partial charge in [0, 0.05) is 26.8 Å². The fraction of sp³-hybridized carbons (Fsp3) is 0.538. The van der Waals surface area contributed by atoms with Crippen molar-refractivity contribution in [3.8, 4) is 0 Å². The van der Waals surface area contributed by atoms with Crippen LogP contribution in [0.25, 0.3) is 10.2 Å². The third kappa shape index (κ3) is 3.78. The highest BCUT2D eigenvalue weighted by molar-refractivity contribution is 7.16. The van der Waals surface area contributed by atoms with E-state index in [0.717, 1.165) is 48.6 Å². The minimum absolute atomic E-state index is 0.652. The van der Waals surface area contributed by atoms with Crippen LogP contribution in [0.5, 0.6) is 0 Å². The molecule has 0 unspecified atom stereocenters. The molecule has 0 aliphatic carbocycles. The Balaban J connectivity index is 1.93. The molecule has 6 heteroatoms. The normalized spacial score (nSPS) is 10.8. The number of nitrogens with zero attached hydrogens (tertiary/aromatic N) is 2. The van der Waals surface area contributed by atoms with Crippen molar-refractivity contribution >= 4 is 33.3 Å². The summed E-state index contributed by atoms with van der Waals surface area (Å²) in [5.74, 6) is 1.55. The van der Waals surface area contributed by atoms with Crippen molar-refractivity contribution < 1.29 is 4.74 Å². The average molecular weight is 280 g/mol. The summed E-state index contributed by atoms with van der Waals surface area (Å²) in [6.07, 6.45) is 2.05. The lowest BCUT2D eigenvalue weighted by Gasteiger charge is -2.08. The van der Waals surface area contributed by atoms with E-state index in [9.17, 15) is 0 Å². The number of nitrogens with one attached hydrogen (secondary N) is 2. The van der Waals surface area contributed by atoms with Gasteiger partial charge in [-0.2, -0.15) is 4.98 Å². The molecule has 2 rings (SSSR count). The topological polar surface area (TPSA) is 59.1 Å². The molecule has 2 aromatic heterocycles. The van der Waals surface area contributed by atoms with Gasteiger partial charge >= 0.3 is 0 Å². The standard InChI is InChI=1S/C13H20N4OS/c1-3-7-18-8-4-6-15-11-10-5-9-19-12(10)17-13(14-2)16-11/h5,9H,3-4,6-8H2,1-2H3,(H2,14,15,16,17). The Morgan fingerprint density at radius 2 is 2.21 bits per heavy atom. The molecular formula is C13H20N4OS. The van der Waals surface area contributed by atoms with Crippen molar-refractivity contribution in [3.05, 3.63) is 11.4 Å². The summed E-state index contributed by atoms with van der Waals surface area (Å²) < 4.78 is 5.46. The fourth-order valence-electron chi connectivity index (χ4n) is 1.73. The second-order valence-corrected chi connectivity index (χ2v) is 5.07. The molecule has 0 amide bonds. The van der Waals surface area contributed by atoms with Gasteiger partial charge in [-0.15, -0.1) is 11.3 Å².